The molecule has 8 N–H and O–H groups in total. The van der Waals surface area contributed by atoms with E-state index in [1.165, 1.54) is 82.4 Å². The second kappa shape index (κ2) is 50.0. The van der Waals surface area contributed by atoms with Crippen molar-refractivity contribution in [1.29, 1.82) is 0 Å². The Balaban J connectivity index is 0.000000191. The summed E-state index contributed by atoms with van der Waals surface area (Å²) >= 11 is 15.6. The Hall–Kier alpha value is -14.8. The van der Waals surface area contributed by atoms with E-state index < -0.39 is 99.3 Å². The Labute approximate surface area is 782 Å². The Morgan fingerprint density at radius 1 is 0.485 bits per heavy atom. The second-order valence-corrected chi connectivity index (χ2v) is 32.3. The van der Waals surface area contributed by atoms with Gasteiger partial charge in [0, 0.05) is 123 Å². The topological polar surface area (TPSA) is 444 Å². The summed E-state index contributed by atoms with van der Waals surface area (Å²) in [5.74, 6) is -5.37. The van der Waals surface area contributed by atoms with Gasteiger partial charge in [-0.05, 0) is 134 Å². The molecule has 5 aromatic heterocycles. The van der Waals surface area contributed by atoms with Crippen LogP contribution in [-0.4, -0.2) is 162 Å². The number of carbonyl (C=O) groups is 7. The van der Waals surface area contributed by atoms with Gasteiger partial charge in [0.25, 0.3) is 16.7 Å². The van der Waals surface area contributed by atoms with E-state index in [-0.39, 0.29) is 36.1 Å². The van der Waals surface area contributed by atoms with E-state index in [9.17, 15) is 79.7 Å². The van der Waals surface area contributed by atoms with Crippen molar-refractivity contribution < 1.29 is 98.7 Å². The zero-order valence-electron chi connectivity index (χ0n) is 71.7. The number of carboxylic acid groups (broad SMARTS) is 2. The lowest BCUT2D eigenvalue weighted by Crippen LogP contribution is -2.36. The predicted octanol–water partition coefficient (Wildman–Crippen LogP) is 14.1. The number of halogens is 6. The number of hydrogen-bond donors (Lipinski definition) is 7. The largest absolute Gasteiger partial charge is 0.523 e. The normalized spacial score (nSPS) is 12.2. The summed E-state index contributed by atoms with van der Waals surface area (Å²) in [4.78, 5) is 123. The van der Waals surface area contributed by atoms with Crippen molar-refractivity contribution in [3.05, 3.63) is 389 Å². The number of esters is 4. The fraction of sp³-hybridized carbons (Fsp3) is 0.177. The number of methoxy groups -OCH3 is 4. The van der Waals surface area contributed by atoms with Gasteiger partial charge in [0.15, 0.2) is 18.3 Å². The maximum atomic E-state index is 13.7. The number of nitrogens with one attached hydrogen (secondary N) is 2. The molecule has 696 valence electrons. The van der Waals surface area contributed by atoms with Gasteiger partial charge in [-0.15, -0.1) is 5.10 Å². The summed E-state index contributed by atoms with van der Waals surface area (Å²) in [5, 5.41) is 51.8. The number of alkyl halides is 3. The van der Waals surface area contributed by atoms with Crippen LogP contribution in [0.25, 0.3) is 38.8 Å². The molecule has 0 aliphatic heterocycles. The van der Waals surface area contributed by atoms with Gasteiger partial charge >= 0.3 is 51.4 Å². The highest BCUT2D eigenvalue weighted by Gasteiger charge is 2.50. The molecule has 9 aromatic carbocycles. The molecule has 0 saturated carbocycles. The van der Waals surface area contributed by atoms with Gasteiger partial charge in [0.05, 0.1) is 34.1 Å². The molecular weight excluding hydrogens is 1870 g/mol. The molecule has 0 aliphatic rings. The number of aliphatic carboxylic acids is 1. The van der Waals surface area contributed by atoms with Gasteiger partial charge in [0.1, 0.15) is 30.1 Å². The number of hydrogen-bond acceptors (Lipinski definition) is 23. The molecule has 0 bridgehead atoms. The number of aromatic amines is 1. The van der Waals surface area contributed by atoms with E-state index in [0.717, 1.165) is 34.9 Å². The average Bonchev–Trinajstić information content (AvgIpc) is 1.13. The summed E-state index contributed by atoms with van der Waals surface area (Å²) in [6, 6.07) is 78.7. The number of aromatic carboxylic acids is 1. The van der Waals surface area contributed by atoms with Crippen LogP contribution in [0.1, 0.15) is 62.0 Å². The summed E-state index contributed by atoms with van der Waals surface area (Å²) in [7, 11) is -1.06. The number of aromatic nitrogens is 8. The summed E-state index contributed by atoms with van der Waals surface area (Å²) in [5.41, 5.74) is 9.21. The molecule has 1 amide bonds. The highest BCUT2D eigenvalue weighted by atomic mass is 79.9. The number of amides is 1. The van der Waals surface area contributed by atoms with E-state index >= 15 is 0 Å². The summed E-state index contributed by atoms with van der Waals surface area (Å²) < 4.78 is 87.2. The van der Waals surface area contributed by atoms with E-state index in [1.54, 1.807) is 122 Å². The monoisotopic (exact) mass is 1950 g/mol. The van der Waals surface area contributed by atoms with Gasteiger partial charge in [-0.25, -0.2) is 33.0 Å². The predicted molar refractivity (Wildman–Crippen MR) is 497 cm³/mol. The number of carbonyl (C=O) groups excluding carboxylic acids is 5. The minimum atomic E-state index is -5.87. The van der Waals surface area contributed by atoms with Crippen LogP contribution >= 0.6 is 39.1 Å². The third kappa shape index (κ3) is 30.4. The van der Waals surface area contributed by atoms with Crippen LogP contribution in [0.2, 0.25) is 10.0 Å². The van der Waals surface area contributed by atoms with Gasteiger partial charge in [-0.3, -0.25) is 19.2 Å². The molecule has 38 heteroatoms. The van der Waals surface area contributed by atoms with Crippen LogP contribution in [-0.2, 0) is 101 Å². The number of nitrogens with zero attached hydrogens (tertiary/aromatic N) is 7. The first-order chi connectivity index (χ1) is 64.1. The molecule has 31 nitrogen and oxygen atoms in total. The van der Waals surface area contributed by atoms with Crippen LogP contribution in [0, 0.1) is 0 Å². The number of benzene rings is 9. The third-order valence-electron chi connectivity index (χ3n) is 19.7. The lowest BCUT2D eigenvalue weighted by molar-refractivity contribution is -0.150. The molecule has 0 radical (unpaired) electrons. The van der Waals surface area contributed by atoms with Crippen molar-refractivity contribution in [1.82, 2.24) is 38.9 Å². The molecule has 0 fully saturated rings. The fourth-order valence-electron chi connectivity index (χ4n) is 13.1. The fourth-order valence-corrected chi connectivity index (χ4v) is 14.3. The number of rotatable bonds is 28. The number of nitrogen functional groups attached to an aromatic ring is 1. The molecule has 6 atom stereocenters. The molecule has 134 heavy (non-hydrogen) atoms. The van der Waals surface area contributed by atoms with Gasteiger partial charge in [0.2, 0.25) is 5.91 Å². The number of anilines is 2. The first-order valence-corrected chi connectivity index (χ1v) is 43.2. The smallest absolute Gasteiger partial charge is 0.479 e. The lowest BCUT2D eigenvalue weighted by Gasteiger charge is -2.20. The summed E-state index contributed by atoms with van der Waals surface area (Å²) in [6.07, 6.45) is 3.08. The number of nitrogens with two attached hydrogens (primary N) is 1. The quantitative estimate of drug-likeness (QED) is 0.00787. The Bertz CT molecular complexity index is 6620. The van der Waals surface area contributed by atoms with Crippen LogP contribution in [0.3, 0.4) is 0 Å². The number of tetrazole rings is 1. The second-order valence-electron chi connectivity index (χ2n) is 29.0. The zero-order chi connectivity index (χ0) is 97.2. The van der Waals surface area contributed by atoms with Crippen molar-refractivity contribution >= 4 is 113 Å². The van der Waals surface area contributed by atoms with Crippen molar-refractivity contribution in [2.75, 3.05) is 39.5 Å². The number of H-pyrrole nitrogens is 1. The minimum absolute atomic E-state index is 0.0463. The molecule has 0 spiro atoms. The molecule has 0 saturated heterocycles. The zero-order valence-corrected chi connectivity index (χ0v) is 75.6. The van der Waals surface area contributed by atoms with Crippen LogP contribution in [0.15, 0.2) is 323 Å². The van der Waals surface area contributed by atoms with Gasteiger partial charge in [-0.1, -0.05) is 221 Å². The molecular formula is C96H88BrCl2F3N10O21S. The molecule has 14 aromatic rings. The number of ether oxygens (including phenoxy) is 4. The summed E-state index contributed by atoms with van der Waals surface area (Å²) in [6.45, 7) is 0. The average molecular weight is 1960 g/mol. The number of carboxylic acids is 2. The number of pyridine rings is 3. The highest BCUT2D eigenvalue weighted by molar-refractivity contribution is 9.10. The maximum absolute atomic E-state index is 13.7. The lowest BCUT2D eigenvalue weighted by atomic mass is 10.0. The minimum Gasteiger partial charge on any atom is -0.479 e. The first kappa shape index (κ1) is 103. The van der Waals surface area contributed by atoms with E-state index in [2.05, 4.69) is 55.4 Å². The number of fused-ring (bicyclic) bond motifs is 1. The van der Waals surface area contributed by atoms with Gasteiger partial charge in [-0.2, -0.15) is 26.3 Å². The van der Waals surface area contributed by atoms with Crippen molar-refractivity contribution in [3.8, 4) is 27.9 Å². The van der Waals surface area contributed by atoms with E-state index in [1.807, 2.05) is 140 Å². The molecule has 5 heterocycles. The molecule has 14 rings (SSSR count). The van der Waals surface area contributed by atoms with Crippen molar-refractivity contribution in [2.45, 2.75) is 80.5 Å². The molecule has 0 aliphatic carbocycles. The maximum Gasteiger partial charge on any atom is 0.523 e. The standard InChI is InChI=1S/C30H22ClN7O4.C21H19ClN2O3.C15H14BrNO3.C11H11F3O5S.C10H12O3.C9H10O3/c31-21-6-9-26(38-17-32-35-36-38)23(16-21)19-10-11-37(28(39)15-19)27(12-18-4-2-1-3-5-18)29(40)33-22-7-8-24-20(13-22)14-25(34-24)30(41)42;1-27-21(26)19(11-14-5-3-2-4-6-14)24-10-9-15(12-20(24)25)17-13-16(22)7-8-18(17)23;1-20-15(19)13(9-11-5-3-2-4-6-11)17-8-7-12(16)10-14(17)18;1-18-10(15)9(7-8-5-3-2-4-6-8)19-20(16,17)11(12,13)14;1-13-10(12)9(11)7-8-5-3-2-4-6-8;10-8(9(11)12)6-7-4-2-1-3-5-7/h1-11,13-17,27,34H,12H2,(H,33,40)(H,41,42);2-10,12-13,19H,11,23H2,1H3;2-8,10,13H,9H2,1H3;2-6,9H,7H2,1H3;2-6,9,11H,7H2,1H3;1-5,8,10H,6H2,(H,11,12)/t;;;;;8-/m.....1/s1. The van der Waals surface area contributed by atoms with Crippen molar-refractivity contribution in [2.24, 2.45) is 0 Å². The van der Waals surface area contributed by atoms with Crippen LogP contribution in [0.5, 0.6) is 0 Å². The Kier molecular flexibility index (Phi) is 38.4. The Morgan fingerprint density at radius 3 is 1.32 bits per heavy atom. The molecule has 5 unspecified atom stereocenters. The highest BCUT2D eigenvalue weighted by Crippen LogP contribution is 2.33. The Morgan fingerprint density at radius 2 is 0.896 bits per heavy atom. The number of aliphatic hydroxyl groups excluding tert-OH is 2. The number of aliphatic hydroxyl groups is 2. The third-order valence-corrected chi connectivity index (χ3v) is 21.8. The van der Waals surface area contributed by atoms with Crippen LogP contribution < -0.4 is 27.7 Å². The van der Waals surface area contributed by atoms with E-state index in [0.29, 0.717) is 89.6 Å². The van der Waals surface area contributed by atoms with Gasteiger partial charge < -0.3 is 69.1 Å². The first-order valence-electron chi connectivity index (χ1n) is 40.3. The van der Waals surface area contributed by atoms with E-state index in [4.69, 9.17) is 48.6 Å². The van der Waals surface area contributed by atoms with Crippen LogP contribution in [0.4, 0.5) is 24.5 Å². The SMILES string of the molecule is COC(=O)C(Cc1ccccc1)OS(=O)(=O)C(F)(F)F.COC(=O)C(Cc1ccccc1)n1ccc(-c2cc(Cl)ccc2N)cc1=O.COC(=O)C(Cc1ccccc1)n1ccc(Br)cc1=O.COC(=O)C(O)Cc1ccccc1.O=C(O)[C@H](O)Cc1ccccc1.O=C(O)c1cc2cc(NC(=O)C(Cc3ccccc3)n3ccc(-c4cc(Cl)ccc4-n4cnnn4)cc3=O)ccc2[nH]1. The van der Waals surface area contributed by atoms with Crippen molar-refractivity contribution in [3.63, 3.8) is 0 Å².